The number of allylic oxidation sites excluding steroid dienone is 1. The van der Waals surface area contributed by atoms with Crippen molar-refractivity contribution in [1.82, 2.24) is 5.06 Å². The van der Waals surface area contributed by atoms with Gasteiger partial charge in [0.15, 0.2) is 0 Å². The van der Waals surface area contributed by atoms with Crippen LogP contribution in [-0.2, 0) is 24.0 Å². The topological polar surface area (TPSA) is 93.1 Å². The van der Waals surface area contributed by atoms with Crippen molar-refractivity contribution in [1.29, 1.82) is 0 Å². The normalized spacial score (nSPS) is 15.0. The van der Waals surface area contributed by atoms with E-state index in [0.717, 1.165) is 0 Å². The number of amides is 2. The van der Waals surface area contributed by atoms with Crippen molar-refractivity contribution >= 4 is 17.8 Å². The highest BCUT2D eigenvalue weighted by molar-refractivity contribution is 6.01. The first-order valence-electron chi connectivity index (χ1n) is 7.79. The molecule has 0 unspecified atom stereocenters. The van der Waals surface area contributed by atoms with Gasteiger partial charge in [0, 0.05) is 38.7 Å². The number of rotatable bonds is 10. The molecule has 0 aromatic heterocycles. The van der Waals surface area contributed by atoms with E-state index in [-0.39, 0.29) is 25.9 Å². The summed E-state index contributed by atoms with van der Waals surface area (Å²) in [7, 11) is 0. The summed E-state index contributed by atoms with van der Waals surface area (Å²) in [4.78, 5) is 39.0. The first-order valence-corrected chi connectivity index (χ1v) is 7.79. The molecule has 1 aliphatic rings. The van der Waals surface area contributed by atoms with Gasteiger partial charge in [-0.2, -0.15) is 0 Å². The number of nitrogens with zero attached hydrogens (tertiary/aromatic N) is 1. The molecule has 0 radical (unpaired) electrons. The molecule has 7 heteroatoms. The minimum Gasteiger partial charge on any atom is -0.493 e. The molecule has 0 atom stereocenters. The Morgan fingerprint density at radius 3 is 2.35 bits per heavy atom. The molecule has 1 fully saturated rings. The quantitative estimate of drug-likeness (QED) is 0.374. The maximum atomic E-state index is 11.6. The summed E-state index contributed by atoms with van der Waals surface area (Å²) in [5, 5.41) is 9.49. The average molecular weight is 327 g/mol. The Kier molecular flexibility index (Phi) is 7.22. The molecule has 0 spiro atoms. The summed E-state index contributed by atoms with van der Waals surface area (Å²) in [5.74, 6) is -0.949. The van der Waals surface area contributed by atoms with E-state index in [1.54, 1.807) is 0 Å². The molecule has 0 aromatic rings. The number of hydrogen-bond acceptors (Lipinski definition) is 6. The Morgan fingerprint density at radius 2 is 1.78 bits per heavy atom. The second-order valence-electron chi connectivity index (χ2n) is 6.13. The van der Waals surface area contributed by atoms with E-state index < -0.39 is 23.4 Å². The molecular formula is C16H25NO6. The fraction of sp³-hybridized carbons (Fsp3) is 0.688. The van der Waals surface area contributed by atoms with Crippen molar-refractivity contribution in [2.75, 3.05) is 6.61 Å². The van der Waals surface area contributed by atoms with Gasteiger partial charge in [-0.1, -0.05) is 6.58 Å². The van der Waals surface area contributed by atoms with E-state index >= 15 is 0 Å². The van der Waals surface area contributed by atoms with Gasteiger partial charge in [-0.05, 0) is 26.7 Å². The Balaban J connectivity index is 2.19. The van der Waals surface area contributed by atoms with Gasteiger partial charge >= 0.3 is 5.97 Å². The lowest BCUT2D eigenvalue weighted by molar-refractivity contribution is -0.197. The van der Waals surface area contributed by atoms with Crippen LogP contribution in [0, 0.1) is 0 Å². The van der Waals surface area contributed by atoms with Crippen molar-refractivity contribution in [3.63, 3.8) is 0 Å². The molecule has 130 valence electrons. The number of aliphatic hydroxyl groups is 1. The number of carbonyl (C=O) groups is 3. The van der Waals surface area contributed by atoms with E-state index in [0.29, 0.717) is 36.5 Å². The highest BCUT2D eigenvalue weighted by Crippen LogP contribution is 2.21. The zero-order valence-corrected chi connectivity index (χ0v) is 13.8. The Morgan fingerprint density at radius 1 is 1.22 bits per heavy atom. The lowest BCUT2D eigenvalue weighted by Crippen LogP contribution is -2.31. The van der Waals surface area contributed by atoms with E-state index in [4.69, 9.17) is 14.7 Å². The summed E-state index contributed by atoms with van der Waals surface area (Å²) < 4.78 is 5.65. The summed E-state index contributed by atoms with van der Waals surface area (Å²) in [6, 6.07) is 0. The third-order valence-corrected chi connectivity index (χ3v) is 3.42. The van der Waals surface area contributed by atoms with E-state index in [1.807, 2.05) is 13.8 Å². The Labute approximate surface area is 136 Å². The molecule has 2 amide bonds. The minimum atomic E-state index is -0.597. The maximum Gasteiger partial charge on any atom is 0.333 e. The van der Waals surface area contributed by atoms with Crippen LogP contribution in [0.2, 0.25) is 0 Å². The third-order valence-electron chi connectivity index (χ3n) is 3.42. The van der Waals surface area contributed by atoms with Gasteiger partial charge in [0.1, 0.15) is 5.60 Å². The zero-order chi connectivity index (χ0) is 17.5. The molecule has 1 rings (SSSR count). The molecule has 1 heterocycles. The van der Waals surface area contributed by atoms with Gasteiger partial charge < -0.3 is 14.7 Å². The smallest absolute Gasteiger partial charge is 0.333 e. The molecule has 23 heavy (non-hydrogen) atoms. The average Bonchev–Trinajstić information content (AvgIpc) is 2.75. The van der Waals surface area contributed by atoms with Gasteiger partial charge in [0.05, 0.1) is 5.76 Å². The van der Waals surface area contributed by atoms with Crippen molar-refractivity contribution in [3.8, 4) is 0 Å². The minimum absolute atomic E-state index is 0.0417. The number of hydroxylamine groups is 2. The Hall–Kier alpha value is -1.89. The molecule has 7 nitrogen and oxygen atoms in total. The predicted molar refractivity (Wildman–Crippen MR) is 81.7 cm³/mol. The fourth-order valence-corrected chi connectivity index (χ4v) is 2.16. The van der Waals surface area contributed by atoms with Crippen LogP contribution in [0.25, 0.3) is 0 Å². The highest BCUT2D eigenvalue weighted by Gasteiger charge is 2.32. The maximum absolute atomic E-state index is 11.6. The van der Waals surface area contributed by atoms with E-state index in [2.05, 4.69) is 6.58 Å². The van der Waals surface area contributed by atoms with Crippen LogP contribution in [-0.4, -0.2) is 40.2 Å². The fourth-order valence-electron chi connectivity index (χ4n) is 2.16. The van der Waals surface area contributed by atoms with Crippen molar-refractivity contribution in [2.45, 2.75) is 64.4 Å². The second kappa shape index (κ2) is 8.67. The van der Waals surface area contributed by atoms with Gasteiger partial charge in [0.25, 0.3) is 11.8 Å². The van der Waals surface area contributed by atoms with Crippen molar-refractivity contribution < 1.29 is 29.1 Å². The van der Waals surface area contributed by atoms with Crippen LogP contribution in [0.5, 0.6) is 0 Å². The third kappa shape index (κ3) is 6.81. The lowest BCUT2D eigenvalue weighted by Gasteiger charge is -2.26. The van der Waals surface area contributed by atoms with Crippen LogP contribution < -0.4 is 0 Å². The SMILES string of the molecule is C=C(CCCCC(=O)ON1C(=O)CCC1=O)OC(C)(C)CCO. The van der Waals surface area contributed by atoms with E-state index in [1.165, 1.54) is 0 Å². The number of carbonyl (C=O) groups excluding carboxylic acids is 3. The largest absolute Gasteiger partial charge is 0.493 e. The van der Waals surface area contributed by atoms with Gasteiger partial charge in [-0.15, -0.1) is 5.06 Å². The molecule has 0 aliphatic carbocycles. The monoisotopic (exact) mass is 327 g/mol. The summed E-state index contributed by atoms with van der Waals surface area (Å²) in [5.41, 5.74) is -0.471. The number of unbranched alkanes of at least 4 members (excludes halogenated alkanes) is 1. The number of imide groups is 1. The molecule has 1 aliphatic heterocycles. The second-order valence-corrected chi connectivity index (χ2v) is 6.13. The van der Waals surface area contributed by atoms with Crippen LogP contribution in [0.15, 0.2) is 12.3 Å². The molecule has 0 aromatic carbocycles. The van der Waals surface area contributed by atoms with Crippen LogP contribution >= 0.6 is 0 Å². The van der Waals surface area contributed by atoms with Crippen LogP contribution in [0.4, 0.5) is 0 Å². The molecule has 0 bridgehead atoms. The first-order chi connectivity index (χ1) is 10.7. The summed E-state index contributed by atoms with van der Waals surface area (Å²) in [6.07, 6.45) is 2.60. The lowest BCUT2D eigenvalue weighted by atomic mass is 10.1. The number of aliphatic hydroxyl groups excluding tert-OH is 1. The van der Waals surface area contributed by atoms with Crippen LogP contribution in [0.3, 0.4) is 0 Å². The summed E-state index contributed by atoms with van der Waals surface area (Å²) in [6.45, 7) is 7.61. The number of ether oxygens (including phenoxy) is 1. The Bertz CT molecular complexity index is 455. The molecular weight excluding hydrogens is 302 g/mol. The zero-order valence-electron chi connectivity index (χ0n) is 13.8. The number of hydrogen-bond donors (Lipinski definition) is 1. The highest BCUT2D eigenvalue weighted by atomic mass is 16.7. The molecule has 1 N–H and O–H groups in total. The molecule has 1 saturated heterocycles. The predicted octanol–water partition coefficient (Wildman–Crippen LogP) is 1.85. The first kappa shape index (κ1) is 19.2. The van der Waals surface area contributed by atoms with Crippen LogP contribution in [0.1, 0.15) is 58.8 Å². The van der Waals surface area contributed by atoms with Crippen molar-refractivity contribution in [3.05, 3.63) is 12.3 Å². The van der Waals surface area contributed by atoms with Gasteiger partial charge in [-0.3, -0.25) is 9.59 Å². The van der Waals surface area contributed by atoms with Gasteiger partial charge in [0.2, 0.25) is 0 Å². The van der Waals surface area contributed by atoms with Gasteiger partial charge in [-0.25, -0.2) is 4.79 Å². The standard InChI is InChI=1S/C16H25NO6/c1-12(22-16(2,3)10-11-18)6-4-5-7-15(21)23-17-13(19)8-9-14(17)20/h18H,1,4-11H2,2-3H3. The summed E-state index contributed by atoms with van der Waals surface area (Å²) >= 11 is 0. The van der Waals surface area contributed by atoms with E-state index in [9.17, 15) is 14.4 Å². The van der Waals surface area contributed by atoms with Crippen molar-refractivity contribution in [2.24, 2.45) is 0 Å². The molecule has 0 saturated carbocycles.